The first-order chi connectivity index (χ1) is 16.3. The minimum absolute atomic E-state index is 0.0173. The molecular weight excluding hydrogens is 447 g/mol. The lowest BCUT2D eigenvalue weighted by molar-refractivity contribution is -0.128. The Balaban J connectivity index is 1.18. The normalized spacial score (nSPS) is 37.3. The molecule has 0 aromatic rings. The van der Waals surface area contributed by atoms with E-state index in [0.717, 1.165) is 19.5 Å². The lowest BCUT2D eigenvalue weighted by Crippen LogP contribution is -2.53. The van der Waals surface area contributed by atoms with Crippen molar-refractivity contribution < 1.29 is 33.4 Å². The van der Waals surface area contributed by atoms with Gasteiger partial charge in [0.1, 0.15) is 12.3 Å². The first kappa shape index (κ1) is 25.1. The van der Waals surface area contributed by atoms with E-state index in [1.54, 1.807) is 4.90 Å². The molecule has 2 heterocycles. The predicted molar refractivity (Wildman–Crippen MR) is 119 cm³/mol. The van der Waals surface area contributed by atoms with Crippen molar-refractivity contribution in [3.8, 4) is 0 Å². The molecule has 3 amide bonds. The van der Waals surface area contributed by atoms with E-state index in [2.05, 4.69) is 10.2 Å². The number of carbonyl (C=O) groups is 3. The summed E-state index contributed by atoms with van der Waals surface area (Å²) >= 11 is 0. The average Bonchev–Trinajstić information content (AvgIpc) is 3.18. The molecule has 10 nitrogen and oxygen atoms in total. The summed E-state index contributed by atoms with van der Waals surface area (Å²) in [6.07, 6.45) is 0.730. The number of hydrogen-bond acceptors (Lipinski definition) is 7. The molecule has 7 atom stereocenters. The molecular formula is C23H37FN4O6. The molecule has 4 aliphatic rings. The molecule has 2 aliphatic heterocycles. The number of nitrogens with one attached hydrogen (secondary N) is 1. The van der Waals surface area contributed by atoms with Crippen molar-refractivity contribution in [3.63, 3.8) is 0 Å². The van der Waals surface area contributed by atoms with E-state index in [4.69, 9.17) is 15.2 Å². The van der Waals surface area contributed by atoms with Gasteiger partial charge in [0, 0.05) is 38.0 Å². The van der Waals surface area contributed by atoms with Gasteiger partial charge in [-0.05, 0) is 38.0 Å². The van der Waals surface area contributed by atoms with Crippen LogP contribution in [0.1, 0.15) is 44.9 Å². The van der Waals surface area contributed by atoms with Gasteiger partial charge in [-0.3, -0.25) is 14.5 Å². The van der Waals surface area contributed by atoms with Crippen molar-refractivity contribution in [1.82, 2.24) is 15.1 Å². The minimum atomic E-state index is -0.997. The number of cyclic esters (lactones) is 1. The predicted octanol–water partition coefficient (Wildman–Crippen LogP) is 0.167. The molecule has 192 valence electrons. The Hall–Kier alpha value is -1.98. The number of halogens is 1. The second kappa shape index (κ2) is 11.2. The summed E-state index contributed by atoms with van der Waals surface area (Å²) in [4.78, 5) is 39.9. The molecule has 4 fully saturated rings. The molecule has 2 aliphatic carbocycles. The van der Waals surface area contributed by atoms with Crippen LogP contribution in [0.15, 0.2) is 0 Å². The number of primary amides is 1. The monoisotopic (exact) mass is 484 g/mol. The maximum Gasteiger partial charge on any atom is 0.410 e. The van der Waals surface area contributed by atoms with Gasteiger partial charge in [0.05, 0.1) is 38.3 Å². The number of aliphatic hydroxyl groups is 1. The molecule has 4 rings (SSSR count). The summed E-state index contributed by atoms with van der Waals surface area (Å²) in [5.74, 6) is -1.25. The van der Waals surface area contributed by atoms with Crippen LogP contribution in [0, 0.1) is 11.8 Å². The lowest BCUT2D eigenvalue weighted by Gasteiger charge is -2.42. The summed E-state index contributed by atoms with van der Waals surface area (Å²) in [6.45, 7) is 3.29. The van der Waals surface area contributed by atoms with Gasteiger partial charge in [0.15, 0.2) is 0 Å². The van der Waals surface area contributed by atoms with Gasteiger partial charge in [-0.25, -0.2) is 9.18 Å². The zero-order chi connectivity index (χ0) is 24.2. The third-order valence-electron chi connectivity index (χ3n) is 7.86. The van der Waals surface area contributed by atoms with E-state index in [1.165, 1.54) is 0 Å². The Morgan fingerprint density at radius 1 is 1.15 bits per heavy atom. The van der Waals surface area contributed by atoms with E-state index in [0.29, 0.717) is 51.9 Å². The van der Waals surface area contributed by atoms with Crippen molar-refractivity contribution in [3.05, 3.63) is 0 Å². The average molecular weight is 485 g/mol. The van der Waals surface area contributed by atoms with Crippen LogP contribution in [0.5, 0.6) is 0 Å². The van der Waals surface area contributed by atoms with Gasteiger partial charge in [-0.1, -0.05) is 0 Å². The highest BCUT2D eigenvalue weighted by Crippen LogP contribution is 2.32. The number of carbonyl (C=O) groups excluding carboxylic acids is 3. The number of amides is 3. The number of morpholine rings is 1. The fraction of sp³-hybridized carbons (Fsp3) is 0.870. The van der Waals surface area contributed by atoms with E-state index in [-0.39, 0.29) is 36.9 Å². The minimum Gasteiger partial charge on any atom is -0.442 e. The van der Waals surface area contributed by atoms with E-state index >= 15 is 0 Å². The van der Waals surface area contributed by atoms with E-state index < -0.39 is 36.3 Å². The van der Waals surface area contributed by atoms with Crippen molar-refractivity contribution in [1.29, 1.82) is 0 Å². The van der Waals surface area contributed by atoms with Crippen molar-refractivity contribution in [2.24, 2.45) is 17.6 Å². The molecule has 34 heavy (non-hydrogen) atoms. The van der Waals surface area contributed by atoms with Gasteiger partial charge in [-0.15, -0.1) is 0 Å². The molecule has 0 bridgehead atoms. The van der Waals surface area contributed by atoms with Crippen LogP contribution < -0.4 is 11.1 Å². The summed E-state index contributed by atoms with van der Waals surface area (Å²) in [6, 6.07) is -0.312. The van der Waals surface area contributed by atoms with Gasteiger partial charge in [0.25, 0.3) is 0 Å². The number of aliphatic hydroxyl groups excluding tert-OH is 1. The van der Waals surface area contributed by atoms with Gasteiger partial charge in [-0.2, -0.15) is 0 Å². The number of hydrogen-bond donors (Lipinski definition) is 3. The maximum atomic E-state index is 15.0. The Morgan fingerprint density at radius 2 is 1.91 bits per heavy atom. The third-order valence-corrected chi connectivity index (χ3v) is 7.86. The van der Waals surface area contributed by atoms with Crippen LogP contribution in [-0.2, 0) is 19.1 Å². The first-order valence-corrected chi connectivity index (χ1v) is 12.5. The summed E-state index contributed by atoms with van der Waals surface area (Å²) < 4.78 is 25.8. The van der Waals surface area contributed by atoms with Crippen LogP contribution in [0.25, 0.3) is 0 Å². The summed E-state index contributed by atoms with van der Waals surface area (Å²) in [7, 11) is 0. The van der Waals surface area contributed by atoms with Crippen LogP contribution in [0.3, 0.4) is 0 Å². The Bertz CT molecular complexity index is 751. The number of nitrogens with two attached hydrogens (primary N) is 1. The van der Waals surface area contributed by atoms with Crippen LogP contribution in [0.4, 0.5) is 9.18 Å². The fourth-order valence-corrected chi connectivity index (χ4v) is 5.94. The second-order valence-electron chi connectivity index (χ2n) is 10.1. The Kier molecular flexibility index (Phi) is 8.26. The molecule has 2 saturated carbocycles. The number of ether oxygens (including phenoxy) is 2. The molecule has 0 aromatic carbocycles. The molecule has 0 spiro atoms. The smallest absolute Gasteiger partial charge is 0.410 e. The summed E-state index contributed by atoms with van der Waals surface area (Å²) in [5.41, 5.74) is 5.30. The highest BCUT2D eigenvalue weighted by molar-refractivity contribution is 5.78. The molecule has 0 aromatic heterocycles. The van der Waals surface area contributed by atoms with Crippen LogP contribution in [0.2, 0.25) is 0 Å². The molecule has 6 unspecified atom stereocenters. The zero-order valence-electron chi connectivity index (χ0n) is 19.6. The fourth-order valence-electron chi connectivity index (χ4n) is 5.94. The SMILES string of the molecule is NC(=O)C1CCC(CC(=O)NC[C@H]2CN(C3CCC(N4CCOCC4)C(F)C3)C(=O)O2)CC1O. The van der Waals surface area contributed by atoms with Crippen molar-refractivity contribution in [2.45, 2.75) is 75.4 Å². The van der Waals surface area contributed by atoms with Crippen LogP contribution >= 0.6 is 0 Å². The molecule has 2 saturated heterocycles. The highest BCUT2D eigenvalue weighted by Gasteiger charge is 2.42. The zero-order valence-corrected chi connectivity index (χ0v) is 19.6. The quantitative estimate of drug-likeness (QED) is 0.469. The number of nitrogens with zero attached hydrogens (tertiary/aromatic N) is 2. The lowest BCUT2D eigenvalue weighted by atomic mass is 9.78. The molecule has 11 heteroatoms. The van der Waals surface area contributed by atoms with E-state index in [1.807, 2.05) is 0 Å². The summed E-state index contributed by atoms with van der Waals surface area (Å²) in [5, 5.41) is 12.9. The number of alkyl halides is 1. The topological polar surface area (TPSA) is 134 Å². The van der Waals surface area contributed by atoms with Crippen LogP contribution in [-0.4, -0.2) is 103 Å². The Morgan fingerprint density at radius 3 is 2.59 bits per heavy atom. The maximum absolute atomic E-state index is 15.0. The number of rotatable bonds is 7. The standard InChI is InChI=1S/C23H37FN4O6/c24-18-11-15(2-4-19(18)27-5-7-33-8-6-27)28-13-16(34-23(28)32)12-26-21(30)10-14-1-3-17(22(25)31)20(29)9-14/h14-20,29H,1-13H2,(H2,25,31)(H,26,30)/t14?,15?,16-,17?,18?,19?,20?/m0/s1. The largest absolute Gasteiger partial charge is 0.442 e. The first-order valence-electron chi connectivity index (χ1n) is 12.5. The highest BCUT2D eigenvalue weighted by atomic mass is 19.1. The van der Waals surface area contributed by atoms with Crippen molar-refractivity contribution in [2.75, 3.05) is 39.4 Å². The van der Waals surface area contributed by atoms with E-state index in [9.17, 15) is 23.9 Å². The third kappa shape index (κ3) is 5.98. The molecule has 4 N–H and O–H groups in total. The van der Waals surface area contributed by atoms with Crippen molar-refractivity contribution >= 4 is 17.9 Å². The molecule has 0 radical (unpaired) electrons. The van der Waals surface area contributed by atoms with Gasteiger partial charge < -0.3 is 30.5 Å². The van der Waals surface area contributed by atoms with Gasteiger partial charge >= 0.3 is 6.09 Å². The van der Waals surface area contributed by atoms with Gasteiger partial charge in [0.2, 0.25) is 11.8 Å². The second-order valence-corrected chi connectivity index (χ2v) is 10.1. The Labute approximate surface area is 199 Å².